The van der Waals surface area contributed by atoms with Crippen molar-refractivity contribution < 1.29 is 9.53 Å². The summed E-state index contributed by atoms with van der Waals surface area (Å²) in [4.78, 5) is 17.2. The van der Waals surface area contributed by atoms with E-state index >= 15 is 0 Å². The Morgan fingerprint density at radius 2 is 1.90 bits per heavy atom. The number of rotatable bonds is 4. The second-order valence-electron chi connectivity index (χ2n) is 6.92. The number of fused-ring (bicyclic) bond motifs is 2. The molecule has 0 radical (unpaired) electrons. The number of carbonyl (C=O) groups excluding carboxylic acids is 1. The summed E-state index contributed by atoms with van der Waals surface area (Å²) in [5, 5.41) is 6.91. The molecule has 0 saturated carbocycles. The van der Waals surface area contributed by atoms with Gasteiger partial charge in [-0.3, -0.25) is 9.78 Å². The Labute approximate surface area is 173 Å². The molecule has 2 aliphatic rings. The van der Waals surface area contributed by atoms with Gasteiger partial charge in [0.15, 0.2) is 10.9 Å². The van der Waals surface area contributed by atoms with E-state index in [9.17, 15) is 4.79 Å². The minimum atomic E-state index is -0.333. The van der Waals surface area contributed by atoms with Gasteiger partial charge in [-0.2, -0.15) is 0 Å². The summed E-state index contributed by atoms with van der Waals surface area (Å²) in [6, 6.07) is 18.9. The standard InChI is InChI=1S/C23H17N3O2S/c27-22-18-9-2-1-8-17(18)21-19(22)20(25-23(29)26-21)15-6-3-7-16(11-15)28-13-14-5-4-10-24-12-14/h1-12,20H,13H2,(H2,25,26,29). The van der Waals surface area contributed by atoms with E-state index < -0.39 is 0 Å². The van der Waals surface area contributed by atoms with E-state index in [0.29, 0.717) is 22.9 Å². The summed E-state index contributed by atoms with van der Waals surface area (Å²) in [7, 11) is 0. The maximum atomic E-state index is 13.1. The molecule has 0 spiro atoms. The van der Waals surface area contributed by atoms with Gasteiger partial charge in [-0.05, 0) is 36.0 Å². The smallest absolute Gasteiger partial charge is 0.194 e. The Bertz CT molecular complexity index is 1160. The number of benzene rings is 2. The number of carbonyl (C=O) groups is 1. The summed E-state index contributed by atoms with van der Waals surface area (Å²) in [5.41, 5.74) is 4.98. The van der Waals surface area contributed by atoms with Crippen molar-refractivity contribution in [3.05, 3.63) is 101 Å². The summed E-state index contributed by atoms with van der Waals surface area (Å²) in [6.45, 7) is 0.424. The normalized spacial score (nSPS) is 17.3. The van der Waals surface area contributed by atoms with Gasteiger partial charge in [-0.15, -0.1) is 0 Å². The first-order valence-electron chi connectivity index (χ1n) is 9.28. The second-order valence-corrected chi connectivity index (χ2v) is 7.33. The Kier molecular flexibility index (Phi) is 4.33. The van der Waals surface area contributed by atoms with Crippen LogP contribution in [-0.2, 0) is 6.61 Å². The maximum absolute atomic E-state index is 13.1. The molecule has 3 aromatic rings. The van der Waals surface area contributed by atoms with Crippen molar-refractivity contribution in [1.82, 2.24) is 15.6 Å². The molecule has 29 heavy (non-hydrogen) atoms. The van der Waals surface area contributed by atoms with Gasteiger partial charge in [0.2, 0.25) is 0 Å². The Morgan fingerprint density at radius 3 is 2.72 bits per heavy atom. The monoisotopic (exact) mass is 399 g/mol. The van der Waals surface area contributed by atoms with Crippen LogP contribution in [0.15, 0.2) is 78.6 Å². The Morgan fingerprint density at radius 1 is 1.03 bits per heavy atom. The number of pyridine rings is 1. The highest BCUT2D eigenvalue weighted by atomic mass is 32.1. The lowest BCUT2D eigenvalue weighted by Gasteiger charge is -2.28. The van der Waals surface area contributed by atoms with E-state index in [1.165, 1.54) is 0 Å². The van der Waals surface area contributed by atoms with Crippen LogP contribution in [0, 0.1) is 0 Å². The predicted molar refractivity (Wildman–Crippen MR) is 114 cm³/mol. The zero-order chi connectivity index (χ0) is 19.8. The number of nitrogens with one attached hydrogen (secondary N) is 2. The third-order valence-electron chi connectivity index (χ3n) is 5.08. The van der Waals surface area contributed by atoms with Gasteiger partial charge in [0.1, 0.15) is 12.4 Å². The van der Waals surface area contributed by atoms with Crippen molar-refractivity contribution in [3.63, 3.8) is 0 Å². The van der Waals surface area contributed by atoms with E-state index in [1.807, 2.05) is 60.7 Å². The molecule has 2 aromatic carbocycles. The van der Waals surface area contributed by atoms with Crippen LogP contribution in [0.25, 0.3) is 5.70 Å². The quantitative estimate of drug-likeness (QED) is 0.651. The number of Topliss-reactive ketones (excluding diaryl/α,β-unsaturated/α-hetero) is 1. The van der Waals surface area contributed by atoms with Crippen molar-refractivity contribution >= 4 is 28.8 Å². The van der Waals surface area contributed by atoms with Crippen molar-refractivity contribution in [1.29, 1.82) is 0 Å². The number of ketones is 1. The van der Waals surface area contributed by atoms with E-state index in [-0.39, 0.29) is 11.8 Å². The zero-order valence-corrected chi connectivity index (χ0v) is 16.2. The Hall–Kier alpha value is -3.51. The molecule has 5 nitrogen and oxygen atoms in total. The summed E-state index contributed by atoms with van der Waals surface area (Å²) >= 11 is 5.42. The molecule has 1 aliphatic carbocycles. The van der Waals surface area contributed by atoms with Crippen molar-refractivity contribution in [2.75, 3.05) is 0 Å². The number of hydrogen-bond donors (Lipinski definition) is 2. The maximum Gasteiger partial charge on any atom is 0.194 e. The van der Waals surface area contributed by atoms with Crippen LogP contribution in [0.5, 0.6) is 5.75 Å². The van der Waals surface area contributed by atoms with Gasteiger partial charge in [-0.25, -0.2) is 0 Å². The first-order chi connectivity index (χ1) is 14.2. The van der Waals surface area contributed by atoms with Gasteiger partial charge in [0, 0.05) is 29.1 Å². The van der Waals surface area contributed by atoms with Crippen LogP contribution >= 0.6 is 12.2 Å². The molecule has 1 atom stereocenters. The average Bonchev–Trinajstić information content (AvgIpc) is 3.05. The summed E-state index contributed by atoms with van der Waals surface area (Å²) in [6.07, 6.45) is 3.51. The fourth-order valence-electron chi connectivity index (χ4n) is 3.75. The number of nitrogens with zero attached hydrogens (tertiary/aromatic N) is 1. The highest BCUT2D eigenvalue weighted by Gasteiger charge is 2.38. The van der Waals surface area contributed by atoms with Crippen molar-refractivity contribution in [2.45, 2.75) is 12.6 Å². The van der Waals surface area contributed by atoms with Crippen molar-refractivity contribution in [3.8, 4) is 5.75 Å². The highest BCUT2D eigenvalue weighted by molar-refractivity contribution is 7.80. The van der Waals surface area contributed by atoms with Gasteiger partial charge in [-0.1, -0.05) is 42.5 Å². The third-order valence-corrected chi connectivity index (χ3v) is 5.30. The number of thiocarbonyl (C=S) groups is 1. The molecule has 1 aromatic heterocycles. The number of ether oxygens (including phenoxy) is 1. The topological polar surface area (TPSA) is 63.2 Å². The molecule has 2 N–H and O–H groups in total. The molecule has 0 saturated heterocycles. The van der Waals surface area contributed by atoms with Crippen LogP contribution in [-0.4, -0.2) is 15.9 Å². The predicted octanol–water partition coefficient (Wildman–Crippen LogP) is 3.79. The van der Waals surface area contributed by atoms with E-state index in [0.717, 1.165) is 28.1 Å². The molecular formula is C23H17N3O2S. The molecule has 142 valence electrons. The molecule has 1 aliphatic heterocycles. The van der Waals surface area contributed by atoms with E-state index in [1.54, 1.807) is 12.4 Å². The lowest BCUT2D eigenvalue weighted by Crippen LogP contribution is -2.43. The molecule has 5 rings (SSSR count). The Balaban J connectivity index is 1.47. The molecule has 0 fully saturated rings. The minimum Gasteiger partial charge on any atom is -0.489 e. The molecule has 2 heterocycles. The minimum absolute atomic E-state index is 0.0183. The zero-order valence-electron chi connectivity index (χ0n) is 15.4. The van der Waals surface area contributed by atoms with Crippen LogP contribution < -0.4 is 15.4 Å². The van der Waals surface area contributed by atoms with Gasteiger partial charge >= 0.3 is 0 Å². The molecule has 6 heteroatoms. The van der Waals surface area contributed by atoms with Crippen LogP contribution in [0.4, 0.5) is 0 Å². The molecule has 1 unspecified atom stereocenters. The fourth-order valence-corrected chi connectivity index (χ4v) is 3.97. The van der Waals surface area contributed by atoms with E-state index in [4.69, 9.17) is 17.0 Å². The number of aromatic nitrogens is 1. The van der Waals surface area contributed by atoms with Gasteiger partial charge in [0.25, 0.3) is 0 Å². The molecule has 0 bridgehead atoms. The molecule has 0 amide bonds. The summed E-state index contributed by atoms with van der Waals surface area (Å²) < 4.78 is 5.93. The van der Waals surface area contributed by atoms with E-state index in [2.05, 4.69) is 15.6 Å². The molecular weight excluding hydrogens is 382 g/mol. The second kappa shape index (κ2) is 7.14. The van der Waals surface area contributed by atoms with Gasteiger partial charge in [0.05, 0.1) is 17.3 Å². The summed E-state index contributed by atoms with van der Waals surface area (Å²) in [5.74, 6) is 0.743. The lowest BCUT2D eigenvalue weighted by molar-refractivity contribution is 0.103. The number of hydrogen-bond acceptors (Lipinski definition) is 4. The SMILES string of the molecule is O=C1C2=C(NC(=S)NC2c2cccc(OCc3cccnc3)c2)c2ccccc21. The van der Waals surface area contributed by atoms with Crippen molar-refractivity contribution in [2.24, 2.45) is 0 Å². The van der Waals surface area contributed by atoms with Crippen LogP contribution in [0.2, 0.25) is 0 Å². The third kappa shape index (κ3) is 3.17. The first-order valence-corrected chi connectivity index (χ1v) is 9.69. The van der Waals surface area contributed by atoms with Gasteiger partial charge < -0.3 is 15.4 Å². The lowest BCUT2D eigenvalue weighted by atomic mass is 9.94. The van der Waals surface area contributed by atoms with Crippen LogP contribution in [0.3, 0.4) is 0 Å². The fraction of sp³-hybridized carbons (Fsp3) is 0.0870. The highest BCUT2D eigenvalue weighted by Crippen LogP contribution is 2.40. The first kappa shape index (κ1) is 17.6. The largest absolute Gasteiger partial charge is 0.489 e. The average molecular weight is 399 g/mol. The van der Waals surface area contributed by atoms with Crippen LogP contribution in [0.1, 0.15) is 33.1 Å².